The van der Waals surface area contributed by atoms with Crippen molar-refractivity contribution in [2.75, 3.05) is 19.6 Å². The van der Waals surface area contributed by atoms with E-state index >= 15 is 0 Å². The van der Waals surface area contributed by atoms with Gasteiger partial charge in [0.1, 0.15) is 11.4 Å². The molecule has 3 aromatic rings. The van der Waals surface area contributed by atoms with Gasteiger partial charge in [-0.25, -0.2) is 0 Å². The van der Waals surface area contributed by atoms with Gasteiger partial charge in [0.25, 0.3) is 5.91 Å². The Balaban J connectivity index is 0.00000218. The number of para-hydroxylation sites is 1. The molecular formula is C23H25ClN4O2. The molecule has 3 heterocycles. The van der Waals surface area contributed by atoms with Gasteiger partial charge in [0.15, 0.2) is 0 Å². The fourth-order valence-corrected chi connectivity index (χ4v) is 4.86. The number of hydrogen-bond donors (Lipinski definition) is 3. The van der Waals surface area contributed by atoms with Gasteiger partial charge in [-0.15, -0.1) is 12.4 Å². The van der Waals surface area contributed by atoms with Gasteiger partial charge in [0.05, 0.1) is 11.7 Å². The second-order valence-corrected chi connectivity index (χ2v) is 8.03. The predicted octanol–water partition coefficient (Wildman–Crippen LogP) is 3.55. The largest absolute Gasteiger partial charge is 0.507 e. The first-order chi connectivity index (χ1) is 14.1. The van der Waals surface area contributed by atoms with Crippen LogP contribution in [0.4, 0.5) is 0 Å². The molecule has 0 bridgehead atoms. The van der Waals surface area contributed by atoms with Gasteiger partial charge in [0.2, 0.25) is 0 Å². The molecule has 156 valence electrons. The zero-order valence-electron chi connectivity index (χ0n) is 16.7. The average molecular weight is 425 g/mol. The van der Waals surface area contributed by atoms with Crippen LogP contribution in [0.25, 0.3) is 11.3 Å². The lowest BCUT2D eigenvalue weighted by molar-refractivity contribution is 0.0707. The van der Waals surface area contributed by atoms with Crippen molar-refractivity contribution in [1.82, 2.24) is 20.4 Å². The van der Waals surface area contributed by atoms with E-state index in [1.54, 1.807) is 24.3 Å². The second kappa shape index (κ2) is 8.13. The van der Waals surface area contributed by atoms with E-state index in [4.69, 9.17) is 0 Å². The number of hydrogen-bond acceptors (Lipinski definition) is 4. The number of amides is 1. The number of phenols is 1. The number of rotatable bonds is 3. The number of nitrogens with one attached hydrogen (secondary N) is 2. The van der Waals surface area contributed by atoms with Crippen LogP contribution < -0.4 is 5.32 Å². The van der Waals surface area contributed by atoms with Crippen molar-refractivity contribution in [3.05, 3.63) is 71.4 Å². The van der Waals surface area contributed by atoms with Crippen LogP contribution in [-0.2, 0) is 0 Å². The number of aromatic hydroxyl groups is 1. The smallest absolute Gasteiger partial charge is 0.272 e. The summed E-state index contributed by atoms with van der Waals surface area (Å²) in [6, 6.07) is 17.2. The third-order valence-corrected chi connectivity index (χ3v) is 6.32. The lowest BCUT2D eigenvalue weighted by Crippen LogP contribution is -2.35. The van der Waals surface area contributed by atoms with Crippen molar-refractivity contribution in [2.24, 2.45) is 11.8 Å². The third-order valence-electron chi connectivity index (χ3n) is 6.32. The minimum absolute atomic E-state index is 0. The van der Waals surface area contributed by atoms with E-state index < -0.39 is 0 Å². The highest BCUT2D eigenvalue weighted by atomic mass is 35.5. The molecule has 0 radical (unpaired) electrons. The van der Waals surface area contributed by atoms with Crippen LogP contribution in [0.15, 0.2) is 54.6 Å². The van der Waals surface area contributed by atoms with Gasteiger partial charge in [-0.1, -0.05) is 36.4 Å². The molecule has 0 unspecified atom stereocenters. The summed E-state index contributed by atoms with van der Waals surface area (Å²) >= 11 is 0. The highest BCUT2D eigenvalue weighted by molar-refractivity contribution is 5.94. The van der Waals surface area contributed by atoms with Gasteiger partial charge < -0.3 is 15.3 Å². The van der Waals surface area contributed by atoms with Crippen LogP contribution in [0.5, 0.6) is 5.75 Å². The van der Waals surface area contributed by atoms with Crippen LogP contribution in [0.2, 0.25) is 0 Å². The normalized spacial score (nSPS) is 22.6. The number of H-pyrrole nitrogens is 1. The van der Waals surface area contributed by atoms with Crippen LogP contribution in [0.3, 0.4) is 0 Å². The molecule has 2 aliphatic heterocycles. The summed E-state index contributed by atoms with van der Waals surface area (Å²) in [4.78, 5) is 15.5. The molecule has 0 spiro atoms. The monoisotopic (exact) mass is 424 g/mol. The van der Waals surface area contributed by atoms with Gasteiger partial charge in [-0.05, 0) is 42.2 Å². The average Bonchev–Trinajstić information content (AvgIpc) is 3.44. The first kappa shape index (κ1) is 20.4. The molecule has 2 saturated heterocycles. The molecule has 3 N–H and O–H groups in total. The van der Waals surface area contributed by atoms with Crippen molar-refractivity contribution < 1.29 is 9.90 Å². The molecule has 2 aromatic carbocycles. The number of benzene rings is 2. The van der Waals surface area contributed by atoms with Crippen LogP contribution in [0.1, 0.15) is 27.7 Å². The highest BCUT2D eigenvalue weighted by Crippen LogP contribution is 2.44. The summed E-state index contributed by atoms with van der Waals surface area (Å²) in [5, 5.41) is 20.8. The van der Waals surface area contributed by atoms with E-state index in [1.807, 2.05) is 23.1 Å². The summed E-state index contributed by atoms with van der Waals surface area (Å²) in [7, 11) is 0. The van der Waals surface area contributed by atoms with Gasteiger partial charge in [0, 0.05) is 31.1 Å². The number of carbonyl (C=O) groups is 1. The van der Waals surface area contributed by atoms with E-state index in [0.29, 0.717) is 28.8 Å². The van der Waals surface area contributed by atoms with Crippen molar-refractivity contribution in [1.29, 1.82) is 0 Å². The molecule has 6 nitrogen and oxygen atoms in total. The van der Waals surface area contributed by atoms with Crippen LogP contribution in [0, 0.1) is 18.8 Å². The van der Waals surface area contributed by atoms with Gasteiger partial charge in [-0.3, -0.25) is 9.89 Å². The standard InChI is InChI=1S/C23H24N4O2.ClH/c1-14-6-2-3-7-16(14)22-18-12-24-11-15(18)13-27(22)23(29)20-10-19(25-26-20)17-8-4-5-9-21(17)28;/h2-10,15,18,22,24,28H,11-13H2,1H3,(H,25,26);1H/t15-,18-,22+;/m0./s1. The van der Waals surface area contributed by atoms with Crippen LogP contribution in [-0.4, -0.2) is 45.7 Å². The number of nitrogens with zero attached hydrogens (tertiary/aromatic N) is 2. The SMILES string of the molecule is Cc1ccccc1[C@@H]1[C@H]2CNC[C@H]2CN1C(=O)c1cc(-c2ccccc2O)n[nH]1.Cl. The Morgan fingerprint density at radius 3 is 2.70 bits per heavy atom. The Labute approximate surface area is 181 Å². The maximum absolute atomic E-state index is 13.5. The maximum atomic E-state index is 13.5. The number of aromatic amines is 1. The van der Waals surface area contributed by atoms with E-state index in [-0.39, 0.29) is 30.1 Å². The number of aromatic nitrogens is 2. The number of halogens is 1. The van der Waals surface area contributed by atoms with E-state index in [1.165, 1.54) is 11.1 Å². The van der Waals surface area contributed by atoms with Crippen molar-refractivity contribution in [3.63, 3.8) is 0 Å². The molecule has 0 saturated carbocycles. The Morgan fingerprint density at radius 1 is 1.13 bits per heavy atom. The summed E-state index contributed by atoms with van der Waals surface area (Å²) in [6.45, 7) is 4.73. The lowest BCUT2D eigenvalue weighted by Gasteiger charge is -2.29. The first-order valence-electron chi connectivity index (χ1n) is 10.0. The molecule has 0 aliphatic carbocycles. The molecular weight excluding hydrogens is 400 g/mol. The first-order valence-corrected chi connectivity index (χ1v) is 10.0. The minimum atomic E-state index is -0.0400. The fourth-order valence-electron chi connectivity index (χ4n) is 4.86. The molecule has 2 aliphatic rings. The molecule has 30 heavy (non-hydrogen) atoms. The maximum Gasteiger partial charge on any atom is 0.272 e. The van der Waals surface area contributed by atoms with E-state index in [9.17, 15) is 9.90 Å². The van der Waals surface area contributed by atoms with Crippen molar-refractivity contribution in [2.45, 2.75) is 13.0 Å². The molecule has 1 aromatic heterocycles. The summed E-state index contributed by atoms with van der Waals surface area (Å²) in [5.74, 6) is 0.990. The second-order valence-electron chi connectivity index (χ2n) is 8.03. The zero-order valence-corrected chi connectivity index (χ0v) is 17.5. The zero-order chi connectivity index (χ0) is 20.0. The summed E-state index contributed by atoms with van der Waals surface area (Å²) < 4.78 is 0. The topological polar surface area (TPSA) is 81.2 Å². The Hall–Kier alpha value is -2.83. The number of aryl methyl sites for hydroxylation is 1. The third kappa shape index (κ3) is 3.36. The van der Waals surface area contributed by atoms with Gasteiger partial charge >= 0.3 is 0 Å². The molecule has 5 rings (SSSR count). The minimum Gasteiger partial charge on any atom is -0.507 e. The number of fused-ring (bicyclic) bond motifs is 1. The van der Waals surface area contributed by atoms with Crippen molar-refractivity contribution in [3.8, 4) is 17.0 Å². The molecule has 2 fully saturated rings. The highest BCUT2D eigenvalue weighted by Gasteiger charge is 2.47. The van der Waals surface area contributed by atoms with Gasteiger partial charge in [-0.2, -0.15) is 5.10 Å². The summed E-state index contributed by atoms with van der Waals surface area (Å²) in [5.41, 5.74) is 4.07. The molecule has 1 amide bonds. The Kier molecular flexibility index (Phi) is 5.54. The quantitative estimate of drug-likeness (QED) is 0.600. The Morgan fingerprint density at radius 2 is 1.90 bits per heavy atom. The number of carbonyl (C=O) groups excluding carboxylic acids is 1. The number of likely N-dealkylation sites (tertiary alicyclic amines) is 1. The van der Waals surface area contributed by atoms with Crippen molar-refractivity contribution >= 4 is 18.3 Å². The molecule has 7 heteroatoms. The molecule has 3 atom stereocenters. The van der Waals surface area contributed by atoms with E-state index in [2.05, 4.69) is 34.6 Å². The van der Waals surface area contributed by atoms with Crippen LogP contribution >= 0.6 is 12.4 Å². The van der Waals surface area contributed by atoms with E-state index in [0.717, 1.165) is 19.6 Å². The predicted molar refractivity (Wildman–Crippen MR) is 118 cm³/mol. The fraction of sp³-hybridized carbons (Fsp3) is 0.304. The summed E-state index contributed by atoms with van der Waals surface area (Å²) in [6.07, 6.45) is 0. The lowest BCUT2D eigenvalue weighted by atomic mass is 9.87. The Bertz CT molecular complexity index is 1070. The number of phenolic OH excluding ortho intramolecular Hbond substituents is 1.